The molecule has 0 unspecified atom stereocenters. The van der Waals surface area contributed by atoms with Crippen molar-refractivity contribution in [2.75, 3.05) is 5.75 Å². The standard InChI is InChI=1S/C31H44N2O6S/c1-30(2,3)18-40(37,38)25-13-12-20(17-23(25)31(4,5)6)26-24(14-19-10-8-7-9-11-19)33-28(39-26)27(34)32-22-15-21(16-22)29(35)36/h12-13,17,19,21-22H,7-11,14-16,18H2,1-6H3,(H,32,34)(H,35,36). The van der Waals surface area contributed by atoms with Gasteiger partial charge in [0.05, 0.1) is 22.3 Å². The van der Waals surface area contributed by atoms with Crippen molar-refractivity contribution in [2.45, 2.75) is 109 Å². The number of rotatable bonds is 8. The number of aliphatic carboxylic acids is 1. The molecule has 40 heavy (non-hydrogen) atoms. The Morgan fingerprint density at radius 2 is 1.70 bits per heavy atom. The predicted octanol–water partition coefficient (Wildman–Crippen LogP) is 6.17. The number of aromatic nitrogens is 1. The zero-order chi connectivity index (χ0) is 29.5. The minimum absolute atomic E-state index is 0.0336. The van der Waals surface area contributed by atoms with E-state index in [4.69, 9.17) is 9.52 Å². The van der Waals surface area contributed by atoms with Crippen LogP contribution in [-0.4, -0.2) is 42.2 Å². The summed E-state index contributed by atoms with van der Waals surface area (Å²) in [6.07, 6.45) is 7.25. The molecule has 9 heteroatoms. The third-order valence-corrected chi connectivity index (χ3v) is 10.2. The summed E-state index contributed by atoms with van der Waals surface area (Å²) < 4.78 is 33.1. The van der Waals surface area contributed by atoms with Gasteiger partial charge in [0, 0.05) is 11.6 Å². The molecule has 2 aromatic rings. The van der Waals surface area contributed by atoms with Crippen LogP contribution in [0.15, 0.2) is 27.5 Å². The zero-order valence-electron chi connectivity index (χ0n) is 24.7. The second-order valence-corrected chi connectivity index (χ2v) is 15.9. The molecule has 0 radical (unpaired) electrons. The first-order chi connectivity index (χ1) is 18.5. The van der Waals surface area contributed by atoms with E-state index >= 15 is 0 Å². The van der Waals surface area contributed by atoms with Gasteiger partial charge in [-0.1, -0.05) is 73.6 Å². The Hall–Kier alpha value is -2.68. The highest BCUT2D eigenvalue weighted by Gasteiger charge is 2.37. The number of oxazole rings is 1. The van der Waals surface area contributed by atoms with Crippen LogP contribution in [0.5, 0.6) is 0 Å². The van der Waals surface area contributed by atoms with Gasteiger partial charge in [0.2, 0.25) is 0 Å². The highest BCUT2D eigenvalue weighted by Crippen LogP contribution is 2.38. The lowest BCUT2D eigenvalue weighted by atomic mass is 9.80. The predicted molar refractivity (Wildman–Crippen MR) is 154 cm³/mol. The van der Waals surface area contributed by atoms with Gasteiger partial charge >= 0.3 is 11.9 Å². The largest absolute Gasteiger partial charge is 0.481 e. The van der Waals surface area contributed by atoms with Crippen LogP contribution < -0.4 is 5.32 Å². The molecule has 0 spiro atoms. The smallest absolute Gasteiger partial charge is 0.307 e. The van der Waals surface area contributed by atoms with Crippen LogP contribution in [0, 0.1) is 17.3 Å². The van der Waals surface area contributed by atoms with Crippen LogP contribution in [-0.2, 0) is 26.5 Å². The van der Waals surface area contributed by atoms with Gasteiger partial charge in [-0.25, -0.2) is 13.4 Å². The highest BCUT2D eigenvalue weighted by atomic mass is 32.2. The SMILES string of the molecule is CC(C)(C)CS(=O)(=O)c1ccc(-c2oc(C(=O)NC3CC(C(=O)O)C3)nc2CC2CCCCC2)cc1C(C)(C)C. The first kappa shape index (κ1) is 30.3. The summed E-state index contributed by atoms with van der Waals surface area (Å²) in [6.45, 7) is 11.7. The van der Waals surface area contributed by atoms with E-state index in [1.165, 1.54) is 19.3 Å². The number of carbonyl (C=O) groups excluding carboxylic acids is 1. The molecule has 8 nitrogen and oxygen atoms in total. The fraction of sp³-hybridized carbons (Fsp3) is 0.645. The number of sulfone groups is 1. The summed E-state index contributed by atoms with van der Waals surface area (Å²) in [5.74, 6) is -0.793. The molecular weight excluding hydrogens is 528 g/mol. The molecule has 1 heterocycles. The van der Waals surface area contributed by atoms with E-state index < -0.39 is 38.5 Å². The molecule has 0 atom stereocenters. The first-order valence-corrected chi connectivity index (χ1v) is 16.1. The van der Waals surface area contributed by atoms with Crippen molar-refractivity contribution in [2.24, 2.45) is 17.3 Å². The lowest BCUT2D eigenvalue weighted by Crippen LogP contribution is -2.46. The van der Waals surface area contributed by atoms with Crippen LogP contribution in [0.25, 0.3) is 11.3 Å². The van der Waals surface area contributed by atoms with E-state index in [2.05, 4.69) is 10.3 Å². The number of carbonyl (C=O) groups is 2. The molecule has 1 aromatic carbocycles. The van der Waals surface area contributed by atoms with E-state index in [1.807, 2.05) is 47.6 Å². The van der Waals surface area contributed by atoms with E-state index in [0.29, 0.717) is 52.7 Å². The number of benzene rings is 1. The maximum Gasteiger partial charge on any atom is 0.307 e. The van der Waals surface area contributed by atoms with Crippen molar-refractivity contribution in [1.82, 2.24) is 10.3 Å². The number of carboxylic acids is 1. The zero-order valence-corrected chi connectivity index (χ0v) is 25.5. The molecule has 0 saturated heterocycles. The van der Waals surface area contributed by atoms with Gasteiger partial charge in [0.1, 0.15) is 0 Å². The van der Waals surface area contributed by atoms with Crippen LogP contribution in [0.1, 0.15) is 108 Å². The third kappa shape index (κ3) is 7.14. The fourth-order valence-corrected chi connectivity index (χ4v) is 8.11. The second-order valence-electron chi connectivity index (χ2n) is 14.0. The molecule has 2 saturated carbocycles. The summed E-state index contributed by atoms with van der Waals surface area (Å²) in [7, 11) is -3.54. The number of carboxylic acid groups (broad SMARTS) is 1. The van der Waals surface area contributed by atoms with Crippen molar-refractivity contribution in [3.63, 3.8) is 0 Å². The van der Waals surface area contributed by atoms with Gasteiger partial charge in [-0.15, -0.1) is 0 Å². The Kier molecular flexibility index (Phi) is 8.56. The molecule has 2 fully saturated rings. The number of amides is 1. The average molecular weight is 573 g/mol. The summed E-state index contributed by atoms with van der Waals surface area (Å²) in [5.41, 5.74) is 1.27. The maximum atomic E-state index is 13.5. The maximum absolute atomic E-state index is 13.5. The molecule has 2 aliphatic carbocycles. The van der Waals surface area contributed by atoms with Crippen LogP contribution in [0.3, 0.4) is 0 Å². The minimum atomic E-state index is -3.54. The molecule has 0 aliphatic heterocycles. The number of nitrogens with zero attached hydrogens (tertiary/aromatic N) is 1. The van der Waals surface area contributed by atoms with E-state index in [9.17, 15) is 18.0 Å². The Morgan fingerprint density at radius 1 is 1.05 bits per heavy atom. The van der Waals surface area contributed by atoms with Crippen LogP contribution >= 0.6 is 0 Å². The average Bonchev–Trinajstić information content (AvgIpc) is 3.22. The van der Waals surface area contributed by atoms with Gasteiger partial charge in [-0.3, -0.25) is 9.59 Å². The molecule has 1 aromatic heterocycles. The number of nitrogens with one attached hydrogen (secondary N) is 1. The van der Waals surface area contributed by atoms with Crippen molar-refractivity contribution < 1.29 is 27.5 Å². The normalized spacial score (nSPS) is 20.6. The topological polar surface area (TPSA) is 127 Å². The van der Waals surface area contributed by atoms with Gasteiger partial charge in [0.15, 0.2) is 15.6 Å². The van der Waals surface area contributed by atoms with Crippen molar-refractivity contribution >= 4 is 21.7 Å². The quantitative estimate of drug-likeness (QED) is 0.387. The Morgan fingerprint density at radius 3 is 2.27 bits per heavy atom. The monoisotopic (exact) mass is 572 g/mol. The molecule has 220 valence electrons. The minimum Gasteiger partial charge on any atom is -0.481 e. The summed E-state index contributed by atoms with van der Waals surface area (Å²) >= 11 is 0. The molecule has 1 amide bonds. The Bertz CT molecular complexity index is 1350. The lowest BCUT2D eigenvalue weighted by molar-refractivity contribution is -0.145. The van der Waals surface area contributed by atoms with Crippen LogP contribution in [0.4, 0.5) is 0 Å². The molecule has 2 N–H and O–H groups in total. The molecule has 0 bridgehead atoms. The van der Waals surface area contributed by atoms with Gasteiger partial charge in [-0.05, 0) is 59.8 Å². The van der Waals surface area contributed by atoms with E-state index in [1.54, 1.807) is 12.1 Å². The molecule has 4 rings (SSSR count). The van der Waals surface area contributed by atoms with Crippen LogP contribution in [0.2, 0.25) is 0 Å². The van der Waals surface area contributed by atoms with Gasteiger partial charge in [0.25, 0.3) is 5.89 Å². The van der Waals surface area contributed by atoms with Crippen molar-refractivity contribution in [3.8, 4) is 11.3 Å². The van der Waals surface area contributed by atoms with Gasteiger partial charge < -0.3 is 14.8 Å². The van der Waals surface area contributed by atoms with Crippen molar-refractivity contribution in [1.29, 1.82) is 0 Å². The van der Waals surface area contributed by atoms with Crippen molar-refractivity contribution in [3.05, 3.63) is 35.3 Å². The summed E-state index contributed by atoms with van der Waals surface area (Å²) in [5, 5.41) is 12.0. The fourth-order valence-electron chi connectivity index (χ4n) is 5.84. The lowest BCUT2D eigenvalue weighted by Gasteiger charge is -2.32. The Balaban J connectivity index is 1.71. The summed E-state index contributed by atoms with van der Waals surface area (Å²) in [6, 6.07) is 5.10. The second kappa shape index (κ2) is 11.3. The molecular formula is C31H44N2O6S. The first-order valence-electron chi connectivity index (χ1n) is 14.4. The number of hydrogen-bond acceptors (Lipinski definition) is 6. The molecule has 2 aliphatic rings. The highest BCUT2D eigenvalue weighted by molar-refractivity contribution is 7.91. The Labute approximate surface area is 238 Å². The van der Waals surface area contributed by atoms with E-state index in [-0.39, 0.29) is 17.7 Å². The van der Waals surface area contributed by atoms with Gasteiger partial charge in [-0.2, -0.15) is 0 Å². The summed E-state index contributed by atoms with van der Waals surface area (Å²) in [4.78, 5) is 29.2. The van der Waals surface area contributed by atoms with E-state index in [0.717, 1.165) is 12.8 Å². The third-order valence-electron chi connectivity index (χ3n) is 7.93. The number of hydrogen-bond donors (Lipinski definition) is 2.